The lowest BCUT2D eigenvalue weighted by atomic mass is 9.74. The molecule has 7 aromatic carbocycles. The highest BCUT2D eigenvalue weighted by molar-refractivity contribution is 6.02. The molecule has 0 radical (unpaired) electrons. The highest BCUT2D eigenvalue weighted by Gasteiger charge is 2.43. The van der Waals surface area contributed by atoms with Crippen molar-refractivity contribution in [3.8, 4) is 44.5 Å². The lowest BCUT2D eigenvalue weighted by Crippen LogP contribution is -2.23. The maximum absolute atomic E-state index is 2.59. The second-order valence-electron chi connectivity index (χ2n) is 16.7. The van der Waals surface area contributed by atoms with E-state index in [0.29, 0.717) is 0 Å². The Morgan fingerprint density at radius 3 is 1.57 bits per heavy atom. The van der Waals surface area contributed by atoms with Crippen molar-refractivity contribution < 1.29 is 0 Å². The normalized spacial score (nSPS) is 15.8. The fourth-order valence-electron chi connectivity index (χ4n) is 10.8. The molecule has 0 saturated heterocycles. The standard InChI is InChI=1S/C53H47N/c1-7-53(8-2)44-26-15-11-22-39(44)50-46(53)28-18-30-48(50)54(34-31-32-43-40(33-34)35-19-9-13-24-41(35)51(43,3)4)47-29-16-12-20-36(47)37-23-17-27-45-49(37)38-21-10-14-25-42(38)52(45,5)6/h9-33H,7-8H2,1-6H3. The molecule has 7 aromatic rings. The SMILES string of the molecule is CCC1(CC)c2ccccc2-c2c(N(c3ccc4c(c3)-c3ccccc3C4(C)C)c3ccccc3-c3cccc4c3-c3ccccc3C4(C)C)cccc21. The van der Waals surface area contributed by atoms with Crippen LogP contribution in [0.15, 0.2) is 152 Å². The molecule has 3 aliphatic carbocycles. The molecule has 0 aromatic heterocycles. The van der Waals surface area contributed by atoms with Gasteiger partial charge in [0.25, 0.3) is 0 Å². The van der Waals surface area contributed by atoms with Crippen LogP contribution >= 0.6 is 0 Å². The molecule has 0 amide bonds. The Balaban J connectivity index is 1.28. The number of fused-ring (bicyclic) bond motifs is 9. The van der Waals surface area contributed by atoms with Gasteiger partial charge in [-0.15, -0.1) is 0 Å². The van der Waals surface area contributed by atoms with E-state index < -0.39 is 0 Å². The molecule has 0 aliphatic heterocycles. The lowest BCUT2D eigenvalue weighted by molar-refractivity contribution is 0.490. The zero-order valence-corrected chi connectivity index (χ0v) is 32.3. The largest absolute Gasteiger partial charge is 0.309 e. The Morgan fingerprint density at radius 2 is 0.852 bits per heavy atom. The van der Waals surface area contributed by atoms with E-state index in [4.69, 9.17) is 0 Å². The van der Waals surface area contributed by atoms with Crippen LogP contribution in [0.5, 0.6) is 0 Å². The minimum Gasteiger partial charge on any atom is -0.309 e. The highest BCUT2D eigenvalue weighted by atomic mass is 15.1. The van der Waals surface area contributed by atoms with Crippen molar-refractivity contribution in [1.29, 1.82) is 0 Å². The summed E-state index contributed by atoms with van der Waals surface area (Å²) in [5, 5.41) is 0. The molecule has 1 heteroatoms. The fraction of sp³-hybridized carbons (Fsp3) is 0.208. The van der Waals surface area contributed by atoms with Crippen LogP contribution in [0.3, 0.4) is 0 Å². The number of hydrogen-bond donors (Lipinski definition) is 0. The number of anilines is 3. The summed E-state index contributed by atoms with van der Waals surface area (Å²) in [6.45, 7) is 14.2. The quantitative estimate of drug-likeness (QED) is 0.167. The molecule has 0 bridgehead atoms. The van der Waals surface area contributed by atoms with Gasteiger partial charge in [0.15, 0.2) is 0 Å². The summed E-state index contributed by atoms with van der Waals surface area (Å²) < 4.78 is 0. The molecule has 0 saturated carbocycles. The summed E-state index contributed by atoms with van der Waals surface area (Å²) in [6.07, 6.45) is 2.12. The van der Waals surface area contributed by atoms with Crippen LogP contribution < -0.4 is 4.90 Å². The first-order chi connectivity index (χ1) is 26.2. The Hall–Kier alpha value is -5.66. The Kier molecular flexibility index (Phi) is 7.12. The zero-order chi connectivity index (χ0) is 37.0. The molecule has 0 heterocycles. The maximum Gasteiger partial charge on any atom is 0.0543 e. The summed E-state index contributed by atoms with van der Waals surface area (Å²) in [5.74, 6) is 0. The Labute approximate surface area is 321 Å². The number of nitrogens with zero attached hydrogens (tertiary/aromatic N) is 1. The summed E-state index contributed by atoms with van der Waals surface area (Å²) in [4.78, 5) is 2.59. The number of para-hydroxylation sites is 1. The van der Waals surface area contributed by atoms with Gasteiger partial charge in [-0.25, -0.2) is 0 Å². The van der Waals surface area contributed by atoms with Crippen molar-refractivity contribution in [3.05, 3.63) is 185 Å². The third-order valence-corrected chi connectivity index (χ3v) is 13.6. The molecule has 3 aliphatic rings. The van der Waals surface area contributed by atoms with Gasteiger partial charge in [-0.3, -0.25) is 0 Å². The van der Waals surface area contributed by atoms with Crippen LogP contribution in [0.25, 0.3) is 44.5 Å². The Morgan fingerprint density at radius 1 is 0.370 bits per heavy atom. The van der Waals surface area contributed by atoms with Crippen molar-refractivity contribution in [2.75, 3.05) is 4.90 Å². The van der Waals surface area contributed by atoms with E-state index in [1.165, 1.54) is 95.0 Å². The molecule has 1 nitrogen and oxygen atoms in total. The molecule has 10 rings (SSSR count). The maximum atomic E-state index is 2.59. The molecular formula is C53H47N. The van der Waals surface area contributed by atoms with E-state index >= 15 is 0 Å². The van der Waals surface area contributed by atoms with Crippen molar-refractivity contribution in [1.82, 2.24) is 0 Å². The molecular weight excluding hydrogens is 651 g/mol. The van der Waals surface area contributed by atoms with Gasteiger partial charge in [-0.1, -0.05) is 169 Å². The number of hydrogen-bond acceptors (Lipinski definition) is 1. The average molecular weight is 698 g/mol. The average Bonchev–Trinajstić information content (AvgIpc) is 3.73. The molecule has 0 spiro atoms. The van der Waals surface area contributed by atoms with Gasteiger partial charge in [-0.2, -0.15) is 0 Å². The van der Waals surface area contributed by atoms with Crippen LogP contribution in [0, 0.1) is 0 Å². The van der Waals surface area contributed by atoms with Gasteiger partial charge in [-0.05, 0) is 104 Å². The van der Waals surface area contributed by atoms with Gasteiger partial charge >= 0.3 is 0 Å². The summed E-state index contributed by atoms with van der Waals surface area (Å²) in [6, 6.07) is 57.6. The van der Waals surface area contributed by atoms with Gasteiger partial charge in [0.05, 0.1) is 11.4 Å². The molecule has 0 atom stereocenters. The first kappa shape index (κ1) is 32.9. The summed E-state index contributed by atoms with van der Waals surface area (Å²) >= 11 is 0. The third-order valence-electron chi connectivity index (χ3n) is 13.6. The van der Waals surface area contributed by atoms with Crippen LogP contribution in [0.1, 0.15) is 87.8 Å². The Bertz CT molecular complexity index is 2650. The van der Waals surface area contributed by atoms with Crippen LogP contribution in [0.4, 0.5) is 17.1 Å². The van der Waals surface area contributed by atoms with Crippen LogP contribution in [0.2, 0.25) is 0 Å². The fourth-order valence-corrected chi connectivity index (χ4v) is 10.8. The zero-order valence-electron chi connectivity index (χ0n) is 32.3. The topological polar surface area (TPSA) is 3.24 Å². The predicted octanol–water partition coefficient (Wildman–Crippen LogP) is 14.5. The van der Waals surface area contributed by atoms with Crippen LogP contribution in [-0.4, -0.2) is 0 Å². The molecule has 0 unspecified atom stereocenters. The smallest absolute Gasteiger partial charge is 0.0543 e. The third kappa shape index (κ3) is 4.27. The second-order valence-corrected chi connectivity index (χ2v) is 16.7. The van der Waals surface area contributed by atoms with Crippen molar-refractivity contribution >= 4 is 17.1 Å². The summed E-state index contributed by atoms with van der Waals surface area (Å²) in [7, 11) is 0. The van der Waals surface area contributed by atoms with Gasteiger partial charge in [0.2, 0.25) is 0 Å². The van der Waals surface area contributed by atoms with E-state index in [9.17, 15) is 0 Å². The minimum absolute atomic E-state index is 0.0242. The van der Waals surface area contributed by atoms with Gasteiger partial charge < -0.3 is 4.90 Å². The van der Waals surface area contributed by atoms with E-state index in [2.05, 4.69) is 198 Å². The number of benzene rings is 7. The van der Waals surface area contributed by atoms with E-state index in [1.54, 1.807) is 0 Å². The highest BCUT2D eigenvalue weighted by Crippen LogP contribution is 2.59. The molecule has 54 heavy (non-hydrogen) atoms. The van der Waals surface area contributed by atoms with Crippen molar-refractivity contribution in [3.63, 3.8) is 0 Å². The predicted molar refractivity (Wildman–Crippen MR) is 228 cm³/mol. The van der Waals surface area contributed by atoms with Gasteiger partial charge in [0.1, 0.15) is 0 Å². The first-order valence-electron chi connectivity index (χ1n) is 19.8. The minimum atomic E-state index is -0.0790. The first-order valence-corrected chi connectivity index (χ1v) is 19.8. The monoisotopic (exact) mass is 697 g/mol. The van der Waals surface area contributed by atoms with Gasteiger partial charge in [0, 0.05) is 33.1 Å². The van der Waals surface area contributed by atoms with E-state index in [-0.39, 0.29) is 16.2 Å². The number of rotatable bonds is 6. The van der Waals surface area contributed by atoms with E-state index in [0.717, 1.165) is 12.8 Å². The summed E-state index contributed by atoms with van der Waals surface area (Å²) in [5.41, 5.74) is 22.5. The van der Waals surface area contributed by atoms with E-state index in [1.807, 2.05) is 0 Å². The van der Waals surface area contributed by atoms with Crippen molar-refractivity contribution in [2.24, 2.45) is 0 Å². The molecule has 0 N–H and O–H groups in total. The molecule has 0 fully saturated rings. The van der Waals surface area contributed by atoms with Crippen LogP contribution in [-0.2, 0) is 16.2 Å². The van der Waals surface area contributed by atoms with Crippen molar-refractivity contribution in [2.45, 2.75) is 70.6 Å². The second kappa shape index (κ2) is 11.7. The molecule has 264 valence electrons. The lowest BCUT2D eigenvalue weighted by Gasteiger charge is -2.32.